The Labute approximate surface area is 112 Å². The molecule has 19 heavy (non-hydrogen) atoms. The zero-order valence-electron chi connectivity index (χ0n) is 11.2. The number of hydrogen-bond donors (Lipinski definition) is 0. The Morgan fingerprint density at radius 1 is 1.21 bits per heavy atom. The normalized spacial score (nSPS) is 23.2. The first-order chi connectivity index (χ1) is 9.15. The molecule has 0 amide bonds. The molecule has 0 bridgehead atoms. The minimum absolute atomic E-state index is 0.120. The maximum absolute atomic E-state index is 12.0. The summed E-state index contributed by atoms with van der Waals surface area (Å²) >= 11 is 0. The molecular weight excluding hydrogens is 244 g/mol. The van der Waals surface area contributed by atoms with Gasteiger partial charge >= 0.3 is 5.97 Å². The first kappa shape index (κ1) is 13.7. The van der Waals surface area contributed by atoms with Gasteiger partial charge < -0.3 is 9.47 Å². The van der Waals surface area contributed by atoms with Crippen molar-refractivity contribution in [3.05, 3.63) is 35.4 Å². The number of benzene rings is 1. The Morgan fingerprint density at radius 2 is 1.89 bits per heavy atom. The van der Waals surface area contributed by atoms with E-state index in [1.165, 1.54) is 7.11 Å². The summed E-state index contributed by atoms with van der Waals surface area (Å²) in [5.41, 5.74) is 1.44. The van der Waals surface area contributed by atoms with E-state index in [0.717, 1.165) is 12.0 Å². The molecule has 0 spiro atoms. The average molecular weight is 262 g/mol. The molecule has 0 radical (unpaired) electrons. The fraction of sp³-hybridized carbons (Fsp3) is 0.467. The third kappa shape index (κ3) is 3.01. The Hall–Kier alpha value is -1.68. The molecule has 2 atom stereocenters. The van der Waals surface area contributed by atoms with E-state index in [9.17, 15) is 9.59 Å². The van der Waals surface area contributed by atoms with E-state index in [-0.39, 0.29) is 23.8 Å². The van der Waals surface area contributed by atoms with Crippen molar-refractivity contribution in [2.24, 2.45) is 0 Å². The van der Waals surface area contributed by atoms with E-state index < -0.39 is 0 Å². The van der Waals surface area contributed by atoms with Crippen molar-refractivity contribution in [2.45, 2.75) is 31.3 Å². The van der Waals surface area contributed by atoms with Gasteiger partial charge in [-0.1, -0.05) is 12.1 Å². The molecule has 1 fully saturated rings. The van der Waals surface area contributed by atoms with Crippen LogP contribution < -0.4 is 0 Å². The molecule has 4 heteroatoms. The molecule has 0 N–H and O–H groups in total. The Balaban J connectivity index is 2.16. The van der Waals surface area contributed by atoms with Crippen LogP contribution in [-0.2, 0) is 14.3 Å². The number of Topliss-reactive ketones (excluding diaryl/α,β-unsaturated/α-hetero) is 1. The molecule has 102 valence electrons. The number of hydrogen-bond acceptors (Lipinski definition) is 4. The largest absolute Gasteiger partial charge is 0.465 e. The summed E-state index contributed by atoms with van der Waals surface area (Å²) in [4.78, 5) is 23.3. The molecule has 4 nitrogen and oxygen atoms in total. The predicted molar refractivity (Wildman–Crippen MR) is 70.2 cm³/mol. The van der Waals surface area contributed by atoms with E-state index in [1.54, 1.807) is 19.2 Å². The number of carbonyl (C=O) groups excluding carboxylic acids is 2. The molecule has 1 aliphatic rings. The average Bonchev–Trinajstić information content (AvgIpc) is 2.47. The number of methoxy groups -OCH3 is 2. The highest BCUT2D eigenvalue weighted by molar-refractivity contribution is 5.90. The first-order valence-electron chi connectivity index (χ1n) is 6.39. The second kappa shape index (κ2) is 5.97. The zero-order chi connectivity index (χ0) is 13.8. The SMILES string of the molecule is COC(=O)c1ccc(C2C[C@H](OC)CCC2=O)cc1. The summed E-state index contributed by atoms with van der Waals surface area (Å²) in [6.45, 7) is 0. The highest BCUT2D eigenvalue weighted by Crippen LogP contribution is 2.31. The highest BCUT2D eigenvalue weighted by Gasteiger charge is 2.29. The fourth-order valence-electron chi connectivity index (χ4n) is 2.50. The van der Waals surface area contributed by atoms with E-state index in [2.05, 4.69) is 4.74 Å². The number of ketones is 1. The van der Waals surface area contributed by atoms with Gasteiger partial charge in [0.15, 0.2) is 0 Å². The topological polar surface area (TPSA) is 52.6 Å². The fourth-order valence-corrected chi connectivity index (χ4v) is 2.50. The van der Waals surface area contributed by atoms with Crippen LogP contribution in [0.3, 0.4) is 0 Å². The van der Waals surface area contributed by atoms with Crippen LogP contribution in [0.5, 0.6) is 0 Å². The summed E-state index contributed by atoms with van der Waals surface area (Å²) in [6.07, 6.45) is 2.21. The minimum Gasteiger partial charge on any atom is -0.465 e. The van der Waals surface area contributed by atoms with Gasteiger partial charge in [-0.15, -0.1) is 0 Å². The maximum atomic E-state index is 12.0. The van der Waals surface area contributed by atoms with Crippen LogP contribution >= 0.6 is 0 Å². The summed E-state index contributed by atoms with van der Waals surface area (Å²) < 4.78 is 10.00. The lowest BCUT2D eigenvalue weighted by Gasteiger charge is -2.27. The van der Waals surface area contributed by atoms with Crippen LogP contribution in [0.1, 0.15) is 41.1 Å². The summed E-state index contributed by atoms with van der Waals surface area (Å²) in [7, 11) is 3.03. The molecule has 0 heterocycles. The van der Waals surface area contributed by atoms with Gasteiger partial charge in [0.25, 0.3) is 0 Å². The second-order valence-electron chi connectivity index (χ2n) is 4.76. The monoisotopic (exact) mass is 262 g/mol. The first-order valence-corrected chi connectivity index (χ1v) is 6.39. The zero-order valence-corrected chi connectivity index (χ0v) is 11.2. The van der Waals surface area contributed by atoms with Gasteiger partial charge in [0.2, 0.25) is 0 Å². The van der Waals surface area contributed by atoms with Crippen LogP contribution in [-0.4, -0.2) is 32.1 Å². The van der Waals surface area contributed by atoms with Crippen molar-refractivity contribution < 1.29 is 19.1 Å². The van der Waals surface area contributed by atoms with Crippen LogP contribution in [0.2, 0.25) is 0 Å². The summed E-state index contributed by atoms with van der Waals surface area (Å²) in [5.74, 6) is -0.235. The third-order valence-corrected chi connectivity index (χ3v) is 3.67. The molecule has 2 rings (SSSR count). The number of rotatable bonds is 3. The van der Waals surface area contributed by atoms with Gasteiger partial charge in [-0.05, 0) is 30.5 Å². The Bertz CT molecular complexity index is 464. The van der Waals surface area contributed by atoms with E-state index in [4.69, 9.17) is 4.74 Å². The van der Waals surface area contributed by atoms with Crippen molar-refractivity contribution in [3.63, 3.8) is 0 Å². The molecule has 0 aliphatic heterocycles. The van der Waals surface area contributed by atoms with Crippen LogP contribution in [0.4, 0.5) is 0 Å². The quantitative estimate of drug-likeness (QED) is 0.784. The smallest absolute Gasteiger partial charge is 0.337 e. The minimum atomic E-state index is -0.365. The van der Waals surface area contributed by atoms with Crippen molar-refractivity contribution in [3.8, 4) is 0 Å². The lowest BCUT2D eigenvalue weighted by molar-refractivity contribution is -0.124. The highest BCUT2D eigenvalue weighted by atomic mass is 16.5. The second-order valence-corrected chi connectivity index (χ2v) is 4.76. The van der Waals surface area contributed by atoms with Gasteiger partial charge in [-0.2, -0.15) is 0 Å². The number of carbonyl (C=O) groups is 2. The lowest BCUT2D eigenvalue weighted by Crippen LogP contribution is -2.27. The summed E-state index contributed by atoms with van der Waals surface area (Å²) in [6, 6.07) is 7.05. The third-order valence-electron chi connectivity index (χ3n) is 3.67. The molecule has 0 aromatic heterocycles. The van der Waals surface area contributed by atoms with Crippen molar-refractivity contribution in [1.82, 2.24) is 0 Å². The van der Waals surface area contributed by atoms with Crippen LogP contribution in [0.25, 0.3) is 0 Å². The molecule has 1 saturated carbocycles. The molecule has 1 aromatic carbocycles. The number of esters is 1. The summed E-state index contributed by atoms with van der Waals surface area (Å²) in [5, 5.41) is 0. The Morgan fingerprint density at radius 3 is 2.47 bits per heavy atom. The van der Waals surface area contributed by atoms with Gasteiger partial charge in [-0.3, -0.25) is 4.79 Å². The van der Waals surface area contributed by atoms with E-state index in [0.29, 0.717) is 18.4 Å². The van der Waals surface area contributed by atoms with Gasteiger partial charge in [-0.25, -0.2) is 4.79 Å². The van der Waals surface area contributed by atoms with Crippen LogP contribution in [0, 0.1) is 0 Å². The molecule has 0 saturated heterocycles. The van der Waals surface area contributed by atoms with Crippen LogP contribution in [0.15, 0.2) is 24.3 Å². The molecular formula is C15H18O4. The molecule has 1 aromatic rings. The predicted octanol–water partition coefficient (Wildman–Crippen LogP) is 2.32. The van der Waals surface area contributed by atoms with Gasteiger partial charge in [0.1, 0.15) is 5.78 Å². The maximum Gasteiger partial charge on any atom is 0.337 e. The van der Waals surface area contributed by atoms with Gasteiger partial charge in [0.05, 0.1) is 18.8 Å². The van der Waals surface area contributed by atoms with E-state index >= 15 is 0 Å². The molecule has 1 unspecified atom stereocenters. The lowest BCUT2D eigenvalue weighted by atomic mass is 9.81. The van der Waals surface area contributed by atoms with Crippen molar-refractivity contribution in [2.75, 3.05) is 14.2 Å². The standard InChI is InChI=1S/C15H18O4/c1-18-12-7-8-14(16)13(9-12)10-3-5-11(6-4-10)15(17)19-2/h3-6,12-13H,7-9H2,1-2H3/t12-,13?/m1/s1. The molecule has 1 aliphatic carbocycles. The van der Waals surface area contributed by atoms with Crippen molar-refractivity contribution in [1.29, 1.82) is 0 Å². The van der Waals surface area contributed by atoms with Gasteiger partial charge in [0, 0.05) is 19.4 Å². The number of ether oxygens (including phenoxy) is 2. The van der Waals surface area contributed by atoms with Crippen molar-refractivity contribution >= 4 is 11.8 Å². The Kier molecular flexibility index (Phi) is 4.32. The van der Waals surface area contributed by atoms with E-state index in [1.807, 2.05) is 12.1 Å².